The summed E-state index contributed by atoms with van der Waals surface area (Å²) in [7, 11) is 0. The normalized spacial score (nSPS) is 10.9. The molecule has 0 aliphatic heterocycles. The number of furan rings is 1. The van der Waals surface area contributed by atoms with Gasteiger partial charge in [-0.15, -0.1) is 11.3 Å². The van der Waals surface area contributed by atoms with Crippen LogP contribution < -0.4 is 5.43 Å². The molecule has 7 nitrogen and oxygen atoms in total. The molecule has 2 aromatic rings. The van der Waals surface area contributed by atoms with Gasteiger partial charge in [0.25, 0.3) is 0 Å². The monoisotopic (exact) mass is 357 g/mol. The van der Waals surface area contributed by atoms with Crippen molar-refractivity contribution in [2.24, 2.45) is 5.10 Å². The molecule has 0 aliphatic carbocycles. The van der Waals surface area contributed by atoms with Crippen molar-refractivity contribution in [3.05, 3.63) is 48.3 Å². The quantitative estimate of drug-likeness (QED) is 0.516. The van der Waals surface area contributed by atoms with Crippen LogP contribution in [0.1, 0.15) is 20.3 Å². The maximum absolute atomic E-state index is 11.6. The standard InChI is InChI=1S/C11H8BrN3O4S/c1-6-8(12)4-7(20-6)5-13-14-11(16)9-2-3-10(19-9)15(17)18/h2-5H,1H3,(H,14,16)/b13-5+. The van der Waals surface area contributed by atoms with Gasteiger partial charge in [0.1, 0.15) is 4.92 Å². The number of hydrazone groups is 1. The second kappa shape index (κ2) is 5.97. The number of nitrogens with zero attached hydrogens (tertiary/aromatic N) is 2. The molecule has 0 saturated carbocycles. The molecule has 1 N–H and O–H groups in total. The molecule has 9 heteroatoms. The Balaban J connectivity index is 1.99. The summed E-state index contributed by atoms with van der Waals surface area (Å²) in [5.41, 5.74) is 2.23. The highest BCUT2D eigenvalue weighted by Crippen LogP contribution is 2.24. The zero-order valence-corrected chi connectivity index (χ0v) is 12.5. The van der Waals surface area contributed by atoms with E-state index in [1.54, 1.807) is 0 Å². The van der Waals surface area contributed by atoms with E-state index in [0.29, 0.717) is 0 Å². The van der Waals surface area contributed by atoms with Gasteiger partial charge in [0, 0.05) is 14.2 Å². The van der Waals surface area contributed by atoms with Crippen molar-refractivity contribution in [2.45, 2.75) is 6.92 Å². The number of rotatable bonds is 4. The maximum atomic E-state index is 11.6. The van der Waals surface area contributed by atoms with Crippen molar-refractivity contribution in [1.29, 1.82) is 0 Å². The van der Waals surface area contributed by atoms with E-state index in [0.717, 1.165) is 20.3 Å². The van der Waals surface area contributed by atoms with Gasteiger partial charge in [-0.2, -0.15) is 5.10 Å². The van der Waals surface area contributed by atoms with Gasteiger partial charge in [0.2, 0.25) is 5.76 Å². The molecule has 0 radical (unpaired) electrons. The van der Waals surface area contributed by atoms with Gasteiger partial charge in [-0.05, 0) is 35.0 Å². The van der Waals surface area contributed by atoms with Crippen LogP contribution in [0.25, 0.3) is 0 Å². The Hall–Kier alpha value is -2.00. The average Bonchev–Trinajstić information content (AvgIpc) is 2.97. The lowest BCUT2D eigenvalue weighted by molar-refractivity contribution is -0.402. The fourth-order valence-corrected chi connectivity index (χ4v) is 2.74. The first-order valence-electron chi connectivity index (χ1n) is 5.31. The number of carbonyl (C=O) groups excluding carboxylic acids is 1. The Bertz CT molecular complexity index is 672. The first-order chi connectivity index (χ1) is 9.47. The number of hydrogen-bond donors (Lipinski definition) is 1. The van der Waals surface area contributed by atoms with Crippen LogP contribution >= 0.6 is 27.3 Å². The van der Waals surface area contributed by atoms with Crippen LogP contribution in [0.3, 0.4) is 0 Å². The smallest absolute Gasteiger partial charge is 0.395 e. The molecule has 20 heavy (non-hydrogen) atoms. The topological polar surface area (TPSA) is 97.7 Å². The number of thiophene rings is 1. The van der Waals surface area contributed by atoms with Gasteiger partial charge >= 0.3 is 11.8 Å². The van der Waals surface area contributed by atoms with Crippen LogP contribution in [0.5, 0.6) is 0 Å². The molecule has 0 bridgehead atoms. The molecular formula is C11H8BrN3O4S. The van der Waals surface area contributed by atoms with E-state index in [-0.39, 0.29) is 5.76 Å². The highest BCUT2D eigenvalue weighted by Gasteiger charge is 2.16. The van der Waals surface area contributed by atoms with E-state index < -0.39 is 16.7 Å². The molecule has 2 heterocycles. The van der Waals surface area contributed by atoms with Crippen molar-refractivity contribution in [3.63, 3.8) is 0 Å². The zero-order valence-electron chi connectivity index (χ0n) is 10.1. The first kappa shape index (κ1) is 14.4. The predicted octanol–water partition coefficient (Wildman–Crippen LogP) is 3.08. The van der Waals surface area contributed by atoms with E-state index in [2.05, 4.69) is 26.5 Å². The number of amides is 1. The Morgan fingerprint density at radius 2 is 2.35 bits per heavy atom. The lowest BCUT2D eigenvalue weighted by atomic mass is 10.4. The Morgan fingerprint density at radius 1 is 1.60 bits per heavy atom. The minimum Gasteiger partial charge on any atom is -0.395 e. The molecule has 0 spiro atoms. The molecule has 104 valence electrons. The summed E-state index contributed by atoms with van der Waals surface area (Å²) in [6.45, 7) is 1.95. The Kier molecular flexibility index (Phi) is 4.30. The van der Waals surface area contributed by atoms with Crippen molar-refractivity contribution in [1.82, 2.24) is 5.43 Å². The summed E-state index contributed by atoms with van der Waals surface area (Å²) >= 11 is 4.88. The third-order valence-electron chi connectivity index (χ3n) is 2.23. The van der Waals surface area contributed by atoms with E-state index in [9.17, 15) is 14.9 Å². The molecule has 1 amide bonds. The number of halogens is 1. The van der Waals surface area contributed by atoms with E-state index in [1.165, 1.54) is 23.6 Å². The molecule has 2 aromatic heterocycles. The van der Waals surface area contributed by atoms with Crippen molar-refractivity contribution in [3.8, 4) is 0 Å². The number of aryl methyl sites for hydroxylation is 1. The summed E-state index contributed by atoms with van der Waals surface area (Å²) < 4.78 is 5.71. The van der Waals surface area contributed by atoms with Crippen molar-refractivity contribution >= 4 is 45.3 Å². The van der Waals surface area contributed by atoms with Gasteiger partial charge in [-0.1, -0.05) is 0 Å². The molecule has 0 atom stereocenters. The molecule has 0 fully saturated rings. The van der Waals surface area contributed by atoms with Gasteiger partial charge in [-0.25, -0.2) is 5.43 Å². The Labute approximate surface area is 125 Å². The fourth-order valence-electron chi connectivity index (χ4n) is 1.30. The average molecular weight is 358 g/mol. The molecule has 2 rings (SSSR count). The number of nitro groups is 1. The lowest BCUT2D eigenvalue weighted by Gasteiger charge is -1.93. The van der Waals surface area contributed by atoms with E-state index >= 15 is 0 Å². The van der Waals surface area contributed by atoms with Gasteiger partial charge in [0.05, 0.1) is 12.3 Å². The third-order valence-corrected chi connectivity index (χ3v) is 4.30. The molecule has 0 aliphatic rings. The summed E-state index contributed by atoms with van der Waals surface area (Å²) in [6.07, 6.45) is 1.48. The molecule has 0 unspecified atom stereocenters. The molecule has 0 aromatic carbocycles. The maximum Gasteiger partial charge on any atom is 0.433 e. The lowest BCUT2D eigenvalue weighted by Crippen LogP contribution is -2.16. The largest absolute Gasteiger partial charge is 0.433 e. The predicted molar refractivity (Wildman–Crippen MR) is 77.2 cm³/mol. The van der Waals surface area contributed by atoms with Gasteiger partial charge < -0.3 is 4.42 Å². The van der Waals surface area contributed by atoms with Crippen LogP contribution in [-0.4, -0.2) is 17.0 Å². The van der Waals surface area contributed by atoms with E-state index in [4.69, 9.17) is 4.42 Å². The first-order valence-corrected chi connectivity index (χ1v) is 6.92. The minimum atomic E-state index is -0.716. The van der Waals surface area contributed by atoms with Crippen LogP contribution in [0.2, 0.25) is 0 Å². The Morgan fingerprint density at radius 3 is 2.90 bits per heavy atom. The van der Waals surface area contributed by atoms with Crippen LogP contribution in [0.15, 0.2) is 32.2 Å². The fraction of sp³-hybridized carbons (Fsp3) is 0.0909. The van der Waals surface area contributed by atoms with Crippen molar-refractivity contribution in [2.75, 3.05) is 0 Å². The van der Waals surface area contributed by atoms with Crippen molar-refractivity contribution < 1.29 is 14.1 Å². The number of hydrogen-bond acceptors (Lipinski definition) is 6. The molecular weight excluding hydrogens is 350 g/mol. The summed E-state index contributed by atoms with van der Waals surface area (Å²) in [5.74, 6) is -1.31. The second-order valence-corrected chi connectivity index (χ2v) is 5.79. The SMILES string of the molecule is Cc1sc(/C=N/NC(=O)c2ccc([N+](=O)[O-])o2)cc1Br. The summed E-state index contributed by atoms with van der Waals surface area (Å²) in [4.78, 5) is 23.3. The molecule has 0 saturated heterocycles. The highest BCUT2D eigenvalue weighted by atomic mass is 79.9. The third kappa shape index (κ3) is 3.31. The second-order valence-electron chi connectivity index (χ2n) is 3.65. The zero-order chi connectivity index (χ0) is 14.7. The summed E-state index contributed by atoms with van der Waals surface area (Å²) in [6, 6.07) is 4.20. The number of carbonyl (C=O) groups is 1. The summed E-state index contributed by atoms with van der Waals surface area (Å²) in [5, 5.41) is 14.2. The van der Waals surface area contributed by atoms with Gasteiger partial charge in [-0.3, -0.25) is 14.9 Å². The minimum absolute atomic E-state index is 0.169. The van der Waals surface area contributed by atoms with Crippen LogP contribution in [0, 0.1) is 17.0 Å². The number of nitrogens with one attached hydrogen (secondary N) is 1. The van der Waals surface area contributed by atoms with Crippen LogP contribution in [0.4, 0.5) is 5.88 Å². The van der Waals surface area contributed by atoms with E-state index in [1.807, 2.05) is 13.0 Å². The highest BCUT2D eigenvalue weighted by molar-refractivity contribution is 9.10. The van der Waals surface area contributed by atoms with Crippen LogP contribution in [-0.2, 0) is 0 Å². The van der Waals surface area contributed by atoms with Gasteiger partial charge in [0.15, 0.2) is 0 Å².